The minimum atomic E-state index is -0.280. The number of aryl methyl sites for hydroxylation is 1. The first kappa shape index (κ1) is 12.6. The number of imidazole rings is 1. The average Bonchev–Trinajstić information content (AvgIpc) is 2.65. The van der Waals surface area contributed by atoms with Crippen LogP contribution in [0.15, 0.2) is 40.9 Å². The molecule has 96 valence electrons. The van der Waals surface area contributed by atoms with Gasteiger partial charge in [-0.25, -0.2) is 4.39 Å². The monoisotopic (exact) mass is 336 g/mol. The van der Waals surface area contributed by atoms with Gasteiger partial charge >= 0.3 is 0 Å². The Hall–Kier alpha value is -1.46. The highest BCUT2D eigenvalue weighted by molar-refractivity contribution is 9.10. The number of fused-ring (bicyclic) bond motifs is 1. The van der Waals surface area contributed by atoms with Crippen molar-refractivity contribution in [2.24, 2.45) is 0 Å². The number of halogens is 2. The number of hydrogen-bond donors (Lipinski definition) is 1. The molecule has 0 aliphatic rings. The fourth-order valence-corrected chi connectivity index (χ4v) is 2.96. The molecule has 5 heteroatoms. The topological polar surface area (TPSA) is 20.7 Å². The quantitative estimate of drug-likeness (QED) is 0.627. The molecule has 0 bridgehead atoms. The second-order valence-corrected chi connectivity index (χ2v) is 5.62. The molecule has 19 heavy (non-hydrogen) atoms. The van der Waals surface area contributed by atoms with E-state index in [1.807, 2.05) is 29.7 Å². The Morgan fingerprint density at radius 1 is 1.21 bits per heavy atom. The third kappa shape index (κ3) is 2.13. The summed E-state index contributed by atoms with van der Waals surface area (Å²) in [5, 5.41) is 0. The van der Waals surface area contributed by atoms with E-state index >= 15 is 0 Å². The largest absolute Gasteiger partial charge is 0.330 e. The van der Waals surface area contributed by atoms with Crippen molar-refractivity contribution in [3.8, 4) is 5.69 Å². The van der Waals surface area contributed by atoms with Crippen LogP contribution in [0.3, 0.4) is 0 Å². The number of benzene rings is 2. The van der Waals surface area contributed by atoms with Crippen molar-refractivity contribution in [3.05, 3.63) is 57.0 Å². The number of nitrogens with one attached hydrogen (secondary N) is 1. The van der Waals surface area contributed by atoms with Crippen molar-refractivity contribution in [1.82, 2.24) is 9.55 Å². The van der Waals surface area contributed by atoms with E-state index in [-0.39, 0.29) is 5.82 Å². The molecule has 2 nitrogen and oxygen atoms in total. The maximum atomic E-state index is 13.2. The molecule has 0 fully saturated rings. The summed E-state index contributed by atoms with van der Waals surface area (Å²) in [6.07, 6.45) is 0. The Morgan fingerprint density at radius 3 is 2.74 bits per heavy atom. The first-order valence-corrected chi connectivity index (χ1v) is 6.93. The van der Waals surface area contributed by atoms with Gasteiger partial charge in [-0.05, 0) is 71.0 Å². The molecule has 0 aliphatic carbocycles. The van der Waals surface area contributed by atoms with E-state index in [2.05, 4.69) is 20.9 Å². The summed E-state index contributed by atoms with van der Waals surface area (Å²) in [6, 6.07) is 10.6. The van der Waals surface area contributed by atoms with Crippen LogP contribution < -0.4 is 0 Å². The van der Waals surface area contributed by atoms with Crippen LogP contribution in [0, 0.1) is 17.5 Å². The first-order valence-electron chi connectivity index (χ1n) is 5.73. The summed E-state index contributed by atoms with van der Waals surface area (Å²) >= 11 is 8.75. The molecule has 0 atom stereocenters. The van der Waals surface area contributed by atoms with Crippen molar-refractivity contribution in [3.63, 3.8) is 0 Å². The molecule has 0 spiro atoms. The van der Waals surface area contributed by atoms with E-state index in [1.165, 1.54) is 12.1 Å². The molecule has 2 aromatic carbocycles. The maximum absolute atomic E-state index is 13.2. The van der Waals surface area contributed by atoms with E-state index in [9.17, 15) is 4.39 Å². The summed E-state index contributed by atoms with van der Waals surface area (Å²) in [5.74, 6) is -0.280. The predicted octanol–water partition coefficient (Wildman–Crippen LogP) is 4.90. The highest BCUT2D eigenvalue weighted by Gasteiger charge is 2.10. The van der Waals surface area contributed by atoms with E-state index in [0.717, 1.165) is 22.3 Å². The van der Waals surface area contributed by atoms with Gasteiger partial charge in [-0.15, -0.1) is 0 Å². The Bertz CT molecular complexity index is 835. The second-order valence-electron chi connectivity index (χ2n) is 4.38. The zero-order valence-electron chi connectivity index (χ0n) is 10.1. The van der Waals surface area contributed by atoms with Crippen molar-refractivity contribution in [1.29, 1.82) is 0 Å². The SMILES string of the molecule is Cc1ccc2c(c1)[nH]c(=S)n2-c1ccc(F)cc1Br. The Morgan fingerprint density at radius 2 is 2.00 bits per heavy atom. The number of nitrogens with zero attached hydrogens (tertiary/aromatic N) is 1. The highest BCUT2D eigenvalue weighted by Crippen LogP contribution is 2.26. The van der Waals surface area contributed by atoms with Gasteiger partial charge in [0.1, 0.15) is 5.82 Å². The molecular weight excluding hydrogens is 327 g/mol. The lowest BCUT2D eigenvalue weighted by atomic mass is 10.2. The maximum Gasteiger partial charge on any atom is 0.182 e. The third-order valence-electron chi connectivity index (χ3n) is 2.99. The molecule has 1 heterocycles. The zero-order valence-corrected chi connectivity index (χ0v) is 12.5. The minimum Gasteiger partial charge on any atom is -0.330 e. The Labute approximate surface area is 123 Å². The Kier molecular flexibility index (Phi) is 3.03. The number of rotatable bonds is 1. The molecule has 0 unspecified atom stereocenters. The summed E-state index contributed by atoms with van der Waals surface area (Å²) in [5.41, 5.74) is 3.93. The predicted molar refractivity (Wildman–Crippen MR) is 80.9 cm³/mol. The molecular formula is C14H10BrFN2S. The molecule has 3 aromatic rings. The van der Waals surface area contributed by atoms with Gasteiger partial charge in [-0.2, -0.15) is 0 Å². The summed E-state index contributed by atoms with van der Waals surface area (Å²) in [4.78, 5) is 3.17. The van der Waals surface area contributed by atoms with Gasteiger partial charge in [0, 0.05) is 4.47 Å². The van der Waals surface area contributed by atoms with Gasteiger partial charge in [0.15, 0.2) is 4.77 Å². The van der Waals surface area contributed by atoms with Gasteiger partial charge in [0.25, 0.3) is 0 Å². The number of aromatic amines is 1. The van der Waals surface area contributed by atoms with Crippen molar-refractivity contribution >= 4 is 39.2 Å². The zero-order chi connectivity index (χ0) is 13.6. The van der Waals surface area contributed by atoms with Gasteiger partial charge in [-0.1, -0.05) is 6.07 Å². The van der Waals surface area contributed by atoms with Crippen LogP contribution >= 0.6 is 28.1 Å². The second kappa shape index (κ2) is 4.58. The number of H-pyrrole nitrogens is 1. The summed E-state index contributed by atoms with van der Waals surface area (Å²) < 4.78 is 16.3. The molecule has 1 N–H and O–H groups in total. The van der Waals surface area contributed by atoms with Crippen LogP contribution in [0.4, 0.5) is 4.39 Å². The van der Waals surface area contributed by atoms with E-state index in [1.54, 1.807) is 6.07 Å². The lowest BCUT2D eigenvalue weighted by Crippen LogP contribution is -1.95. The standard InChI is InChI=1S/C14H10BrFN2S/c1-8-2-4-13-11(6-8)17-14(19)18(13)12-5-3-9(16)7-10(12)15/h2-7H,1H3,(H,17,19). The van der Waals surface area contributed by atoms with E-state index < -0.39 is 0 Å². The van der Waals surface area contributed by atoms with Gasteiger partial charge in [0.2, 0.25) is 0 Å². The Balaban J connectivity index is 2.36. The normalized spacial score (nSPS) is 11.1. The first-order chi connectivity index (χ1) is 9.06. The molecule has 0 amide bonds. The van der Waals surface area contributed by atoms with Gasteiger partial charge in [-0.3, -0.25) is 4.57 Å². The highest BCUT2D eigenvalue weighted by atomic mass is 79.9. The fraction of sp³-hybridized carbons (Fsp3) is 0.0714. The summed E-state index contributed by atoms with van der Waals surface area (Å²) in [7, 11) is 0. The molecule has 3 rings (SSSR count). The van der Waals surface area contributed by atoms with Crippen molar-refractivity contribution in [2.75, 3.05) is 0 Å². The van der Waals surface area contributed by atoms with Crippen LogP contribution in [-0.2, 0) is 0 Å². The van der Waals surface area contributed by atoms with E-state index in [0.29, 0.717) is 9.24 Å². The van der Waals surface area contributed by atoms with Crippen molar-refractivity contribution in [2.45, 2.75) is 6.92 Å². The molecule has 0 aliphatic heterocycles. The minimum absolute atomic E-state index is 0.280. The number of hydrogen-bond acceptors (Lipinski definition) is 1. The van der Waals surface area contributed by atoms with Crippen LogP contribution in [0.5, 0.6) is 0 Å². The average molecular weight is 337 g/mol. The lowest BCUT2D eigenvalue weighted by Gasteiger charge is -2.07. The van der Waals surface area contributed by atoms with Crippen LogP contribution in [0.2, 0.25) is 0 Å². The molecule has 0 radical (unpaired) electrons. The van der Waals surface area contributed by atoms with Crippen LogP contribution in [-0.4, -0.2) is 9.55 Å². The molecule has 1 aromatic heterocycles. The van der Waals surface area contributed by atoms with Crippen molar-refractivity contribution < 1.29 is 4.39 Å². The van der Waals surface area contributed by atoms with Crippen LogP contribution in [0.25, 0.3) is 16.7 Å². The third-order valence-corrected chi connectivity index (χ3v) is 3.91. The van der Waals surface area contributed by atoms with E-state index in [4.69, 9.17) is 12.2 Å². The molecule has 0 saturated carbocycles. The number of aromatic nitrogens is 2. The lowest BCUT2D eigenvalue weighted by molar-refractivity contribution is 0.626. The fourth-order valence-electron chi connectivity index (χ4n) is 2.13. The van der Waals surface area contributed by atoms with Gasteiger partial charge < -0.3 is 4.98 Å². The van der Waals surface area contributed by atoms with Crippen LogP contribution in [0.1, 0.15) is 5.56 Å². The smallest absolute Gasteiger partial charge is 0.182 e. The summed E-state index contributed by atoms with van der Waals surface area (Å²) in [6.45, 7) is 2.03. The molecule has 0 saturated heterocycles. The van der Waals surface area contributed by atoms with Gasteiger partial charge in [0.05, 0.1) is 16.7 Å².